The van der Waals surface area contributed by atoms with Gasteiger partial charge < -0.3 is 14.4 Å². The van der Waals surface area contributed by atoms with E-state index in [1.54, 1.807) is 41.3 Å². The number of benzene rings is 2. The first-order valence-corrected chi connectivity index (χ1v) is 11.5. The van der Waals surface area contributed by atoms with Crippen LogP contribution < -0.4 is 4.74 Å². The molecule has 0 N–H and O–H groups in total. The summed E-state index contributed by atoms with van der Waals surface area (Å²) in [7, 11) is -3.82. The van der Waals surface area contributed by atoms with Gasteiger partial charge in [-0.1, -0.05) is 24.3 Å². The molecule has 1 fully saturated rings. The van der Waals surface area contributed by atoms with Gasteiger partial charge in [-0.25, -0.2) is 4.79 Å². The third-order valence-electron chi connectivity index (χ3n) is 4.90. The van der Waals surface area contributed by atoms with Crippen LogP contribution in [0.4, 0.5) is 4.79 Å². The summed E-state index contributed by atoms with van der Waals surface area (Å²) >= 11 is 0. The standard InChI is InChI=1S/C22H25N3O5S/c1-22(2,3)30-21(26)24-13-12-16(15-24)29-20-11-7-10-19-18(20)14-23-25(19)31(27,28)17-8-5-4-6-9-17/h4-11,14,16H,12-13,15H2,1-3H3/t16-/m0/s1. The van der Waals surface area contributed by atoms with Crippen LogP contribution in [0, 0.1) is 0 Å². The number of amides is 1. The summed E-state index contributed by atoms with van der Waals surface area (Å²) in [4.78, 5) is 14.1. The quantitative estimate of drug-likeness (QED) is 0.611. The van der Waals surface area contributed by atoms with Crippen LogP contribution in [0.1, 0.15) is 27.2 Å². The summed E-state index contributed by atoms with van der Waals surface area (Å²) < 4.78 is 38.6. The molecule has 1 saturated heterocycles. The molecule has 2 aromatic carbocycles. The second kappa shape index (κ2) is 7.88. The number of aromatic nitrogens is 2. The van der Waals surface area contributed by atoms with E-state index in [1.807, 2.05) is 20.8 Å². The van der Waals surface area contributed by atoms with Gasteiger partial charge in [-0.15, -0.1) is 0 Å². The number of nitrogens with zero attached hydrogens (tertiary/aromatic N) is 3. The lowest BCUT2D eigenvalue weighted by atomic mass is 10.2. The van der Waals surface area contributed by atoms with Gasteiger partial charge >= 0.3 is 6.09 Å². The fraction of sp³-hybridized carbons (Fsp3) is 0.364. The van der Waals surface area contributed by atoms with E-state index >= 15 is 0 Å². The van der Waals surface area contributed by atoms with Gasteiger partial charge in [0.25, 0.3) is 10.0 Å². The minimum absolute atomic E-state index is 0.162. The second-order valence-electron chi connectivity index (χ2n) is 8.45. The molecule has 0 aliphatic carbocycles. The van der Waals surface area contributed by atoms with Crippen LogP contribution in [-0.4, -0.2) is 53.4 Å². The Morgan fingerprint density at radius 2 is 1.84 bits per heavy atom. The number of likely N-dealkylation sites (tertiary alicyclic amines) is 1. The predicted octanol–water partition coefficient (Wildman–Crippen LogP) is 3.66. The van der Waals surface area contributed by atoms with Crippen molar-refractivity contribution in [3.63, 3.8) is 0 Å². The van der Waals surface area contributed by atoms with E-state index in [-0.39, 0.29) is 17.1 Å². The molecule has 0 radical (unpaired) electrons. The van der Waals surface area contributed by atoms with Crippen LogP contribution in [0.2, 0.25) is 0 Å². The summed E-state index contributed by atoms with van der Waals surface area (Å²) in [5, 5.41) is 4.72. The fourth-order valence-corrected chi connectivity index (χ4v) is 4.77. The Balaban J connectivity index is 1.55. The Hall–Kier alpha value is -3.07. The van der Waals surface area contributed by atoms with Gasteiger partial charge in [0, 0.05) is 13.0 Å². The first-order valence-electron chi connectivity index (χ1n) is 10.1. The SMILES string of the molecule is CC(C)(C)OC(=O)N1CC[C@H](Oc2cccc3c2cnn3S(=O)(=O)c2ccccc2)C1. The van der Waals surface area contributed by atoms with Crippen LogP contribution in [0.15, 0.2) is 59.6 Å². The average Bonchev–Trinajstić information content (AvgIpc) is 3.35. The van der Waals surface area contributed by atoms with E-state index in [0.29, 0.717) is 36.2 Å². The molecule has 4 rings (SSSR count). The largest absolute Gasteiger partial charge is 0.488 e. The molecule has 0 unspecified atom stereocenters. The molecule has 164 valence electrons. The van der Waals surface area contributed by atoms with Crippen molar-refractivity contribution in [2.75, 3.05) is 13.1 Å². The summed E-state index contributed by atoms with van der Waals surface area (Å²) in [6, 6.07) is 13.4. The molecule has 1 amide bonds. The van der Waals surface area contributed by atoms with Crippen LogP contribution >= 0.6 is 0 Å². The maximum absolute atomic E-state index is 13.0. The van der Waals surface area contributed by atoms with Gasteiger partial charge in [0.15, 0.2) is 0 Å². The summed E-state index contributed by atoms with van der Waals surface area (Å²) in [6.45, 7) is 6.43. The first-order chi connectivity index (χ1) is 14.6. The zero-order chi connectivity index (χ0) is 22.2. The number of hydrogen-bond acceptors (Lipinski definition) is 6. The number of carbonyl (C=O) groups excluding carboxylic acids is 1. The fourth-order valence-electron chi connectivity index (χ4n) is 3.48. The molecule has 0 saturated carbocycles. The lowest BCUT2D eigenvalue weighted by Gasteiger charge is -2.24. The van der Waals surface area contributed by atoms with Gasteiger partial charge in [-0.3, -0.25) is 0 Å². The topological polar surface area (TPSA) is 90.7 Å². The molecule has 31 heavy (non-hydrogen) atoms. The molecule has 2 heterocycles. The predicted molar refractivity (Wildman–Crippen MR) is 116 cm³/mol. The molecular weight excluding hydrogens is 418 g/mol. The van der Waals surface area contributed by atoms with Gasteiger partial charge in [-0.2, -0.15) is 17.6 Å². The van der Waals surface area contributed by atoms with Gasteiger partial charge in [0.05, 0.1) is 28.5 Å². The third-order valence-corrected chi connectivity index (χ3v) is 6.51. The normalized spacial score (nSPS) is 17.1. The highest BCUT2D eigenvalue weighted by atomic mass is 32.2. The Labute approximate surface area is 181 Å². The zero-order valence-corrected chi connectivity index (χ0v) is 18.5. The maximum Gasteiger partial charge on any atom is 0.410 e. The van der Waals surface area contributed by atoms with Crippen molar-refractivity contribution in [1.82, 2.24) is 14.1 Å². The van der Waals surface area contributed by atoms with Crippen LogP contribution in [-0.2, 0) is 14.8 Å². The molecule has 1 aromatic heterocycles. The van der Waals surface area contributed by atoms with E-state index in [1.165, 1.54) is 18.3 Å². The van der Waals surface area contributed by atoms with E-state index < -0.39 is 15.6 Å². The van der Waals surface area contributed by atoms with Crippen LogP contribution in [0.3, 0.4) is 0 Å². The number of hydrogen-bond donors (Lipinski definition) is 0. The lowest BCUT2D eigenvalue weighted by Crippen LogP contribution is -2.36. The van der Waals surface area contributed by atoms with E-state index in [2.05, 4.69) is 5.10 Å². The number of fused-ring (bicyclic) bond motifs is 1. The number of rotatable bonds is 4. The third kappa shape index (κ3) is 4.36. The lowest BCUT2D eigenvalue weighted by molar-refractivity contribution is 0.0276. The highest BCUT2D eigenvalue weighted by Crippen LogP contribution is 2.30. The number of ether oxygens (including phenoxy) is 2. The van der Waals surface area contributed by atoms with E-state index in [9.17, 15) is 13.2 Å². The smallest absolute Gasteiger partial charge is 0.410 e. The molecule has 9 heteroatoms. The maximum atomic E-state index is 13.0. The van der Waals surface area contributed by atoms with Gasteiger partial charge in [0.2, 0.25) is 0 Å². The summed E-state index contributed by atoms with van der Waals surface area (Å²) in [5.74, 6) is 0.531. The van der Waals surface area contributed by atoms with Gasteiger partial charge in [-0.05, 0) is 45.0 Å². The molecule has 1 aliphatic rings. The highest BCUT2D eigenvalue weighted by Gasteiger charge is 2.31. The van der Waals surface area contributed by atoms with Crippen molar-refractivity contribution in [2.45, 2.75) is 43.8 Å². The molecule has 8 nitrogen and oxygen atoms in total. The van der Waals surface area contributed by atoms with Crippen molar-refractivity contribution in [3.8, 4) is 5.75 Å². The minimum Gasteiger partial charge on any atom is -0.488 e. The summed E-state index contributed by atoms with van der Waals surface area (Å²) in [5.41, 5.74) is -0.121. The van der Waals surface area contributed by atoms with Gasteiger partial charge in [0.1, 0.15) is 17.5 Å². The second-order valence-corrected chi connectivity index (χ2v) is 10.2. The molecule has 0 spiro atoms. The van der Waals surface area contributed by atoms with E-state index in [4.69, 9.17) is 9.47 Å². The van der Waals surface area contributed by atoms with Crippen LogP contribution in [0.5, 0.6) is 5.75 Å². The minimum atomic E-state index is -3.82. The Kier molecular flexibility index (Phi) is 5.38. The molecule has 1 atom stereocenters. The van der Waals surface area contributed by atoms with E-state index in [0.717, 1.165) is 4.09 Å². The van der Waals surface area contributed by atoms with Crippen molar-refractivity contribution >= 4 is 27.0 Å². The van der Waals surface area contributed by atoms with Crippen molar-refractivity contribution in [3.05, 3.63) is 54.7 Å². The van der Waals surface area contributed by atoms with Crippen LogP contribution in [0.25, 0.3) is 10.9 Å². The monoisotopic (exact) mass is 443 g/mol. The Morgan fingerprint density at radius 1 is 1.10 bits per heavy atom. The molecule has 1 aliphatic heterocycles. The molecule has 3 aromatic rings. The zero-order valence-electron chi connectivity index (χ0n) is 17.7. The Bertz CT molecular complexity index is 1200. The van der Waals surface area contributed by atoms with Crippen molar-refractivity contribution in [1.29, 1.82) is 0 Å². The molecule has 0 bridgehead atoms. The molecular formula is C22H25N3O5S. The first kappa shape index (κ1) is 21.2. The summed E-state index contributed by atoms with van der Waals surface area (Å²) in [6.07, 6.45) is 1.57. The number of carbonyl (C=O) groups is 1. The van der Waals surface area contributed by atoms with Crippen molar-refractivity contribution in [2.24, 2.45) is 0 Å². The highest BCUT2D eigenvalue weighted by molar-refractivity contribution is 7.90. The Morgan fingerprint density at radius 3 is 2.55 bits per heavy atom. The average molecular weight is 444 g/mol. The van der Waals surface area contributed by atoms with Crippen molar-refractivity contribution < 1.29 is 22.7 Å².